The van der Waals surface area contributed by atoms with Gasteiger partial charge < -0.3 is 19.1 Å². The maximum Gasteiger partial charge on any atom is 0.331 e. The average Bonchev–Trinajstić information content (AvgIpc) is 2.83. The van der Waals surface area contributed by atoms with Crippen molar-refractivity contribution in [1.82, 2.24) is 5.16 Å². The lowest BCUT2D eigenvalue weighted by atomic mass is 10.2. The number of aryl methyl sites for hydroxylation is 2. The summed E-state index contributed by atoms with van der Waals surface area (Å²) < 4.78 is 15.1. The fraction of sp³-hybridized carbons (Fsp3) is 0.250. The molecule has 22 heavy (non-hydrogen) atoms. The zero-order chi connectivity index (χ0) is 16.1. The van der Waals surface area contributed by atoms with Crippen LogP contribution in [0.4, 0.5) is 0 Å². The smallest absolute Gasteiger partial charge is 0.331 e. The number of carbonyl (C=O) groups is 1. The normalized spacial score (nSPS) is 10.9. The molecule has 0 aliphatic heterocycles. The highest BCUT2D eigenvalue weighted by Gasteiger charge is 2.10. The Bertz CT molecular complexity index is 683. The van der Waals surface area contributed by atoms with Crippen LogP contribution in [-0.2, 0) is 16.1 Å². The topological polar surface area (TPSA) is 81.8 Å². The molecule has 6 nitrogen and oxygen atoms in total. The lowest BCUT2D eigenvalue weighted by Gasteiger charge is -2.04. The lowest BCUT2D eigenvalue weighted by Crippen LogP contribution is -2.02. The summed E-state index contributed by atoms with van der Waals surface area (Å²) in [6, 6.07) is 4.77. The molecule has 1 N–H and O–H groups in total. The number of hydrogen-bond acceptors (Lipinski definition) is 6. The molecular weight excluding hydrogens is 286 g/mol. The zero-order valence-corrected chi connectivity index (χ0v) is 12.6. The number of aromatic hydroxyl groups is 1. The summed E-state index contributed by atoms with van der Waals surface area (Å²) in [5, 5.41) is 13.3. The van der Waals surface area contributed by atoms with Gasteiger partial charge in [0.15, 0.2) is 11.5 Å². The van der Waals surface area contributed by atoms with Gasteiger partial charge in [-0.3, -0.25) is 0 Å². The van der Waals surface area contributed by atoms with E-state index >= 15 is 0 Å². The number of methoxy groups -OCH3 is 1. The van der Waals surface area contributed by atoms with E-state index in [1.807, 2.05) is 0 Å². The summed E-state index contributed by atoms with van der Waals surface area (Å²) in [6.45, 7) is 3.67. The molecule has 0 aliphatic rings. The van der Waals surface area contributed by atoms with Gasteiger partial charge in [-0.1, -0.05) is 11.2 Å². The van der Waals surface area contributed by atoms with Gasteiger partial charge in [0.1, 0.15) is 12.4 Å². The summed E-state index contributed by atoms with van der Waals surface area (Å²) in [5.74, 6) is 0.538. The quantitative estimate of drug-likeness (QED) is 0.675. The summed E-state index contributed by atoms with van der Waals surface area (Å²) in [6.07, 6.45) is 2.89. The average molecular weight is 303 g/mol. The summed E-state index contributed by atoms with van der Waals surface area (Å²) in [5.41, 5.74) is 2.19. The molecule has 0 unspecified atom stereocenters. The minimum Gasteiger partial charge on any atom is -0.504 e. The Hall–Kier alpha value is -2.76. The first-order valence-electron chi connectivity index (χ1n) is 6.65. The van der Waals surface area contributed by atoms with E-state index in [0.29, 0.717) is 22.8 Å². The number of carbonyl (C=O) groups excluding carboxylic acids is 1. The summed E-state index contributed by atoms with van der Waals surface area (Å²) in [7, 11) is 1.46. The van der Waals surface area contributed by atoms with Gasteiger partial charge in [0.25, 0.3) is 0 Å². The van der Waals surface area contributed by atoms with Crippen LogP contribution in [0.2, 0.25) is 0 Å². The van der Waals surface area contributed by atoms with Crippen LogP contribution in [0.25, 0.3) is 6.08 Å². The van der Waals surface area contributed by atoms with Crippen molar-refractivity contribution in [3.05, 3.63) is 46.9 Å². The second-order valence-electron chi connectivity index (χ2n) is 4.68. The van der Waals surface area contributed by atoms with Crippen LogP contribution in [0, 0.1) is 13.8 Å². The third-order valence-electron chi connectivity index (χ3n) is 3.16. The number of rotatable bonds is 5. The van der Waals surface area contributed by atoms with E-state index in [1.165, 1.54) is 19.3 Å². The highest BCUT2D eigenvalue weighted by molar-refractivity contribution is 5.87. The van der Waals surface area contributed by atoms with Crippen molar-refractivity contribution in [2.24, 2.45) is 0 Å². The Morgan fingerprint density at radius 1 is 1.41 bits per heavy atom. The van der Waals surface area contributed by atoms with Crippen LogP contribution in [0.1, 0.15) is 22.6 Å². The second kappa shape index (κ2) is 6.80. The molecule has 2 aromatic rings. The van der Waals surface area contributed by atoms with E-state index in [2.05, 4.69) is 5.16 Å². The van der Waals surface area contributed by atoms with Crippen LogP contribution < -0.4 is 4.74 Å². The molecule has 0 fully saturated rings. The van der Waals surface area contributed by atoms with Crippen LogP contribution in [0.15, 0.2) is 28.8 Å². The predicted molar refractivity (Wildman–Crippen MR) is 79.5 cm³/mol. The Morgan fingerprint density at radius 3 is 2.82 bits per heavy atom. The molecule has 6 heteroatoms. The monoisotopic (exact) mass is 303 g/mol. The van der Waals surface area contributed by atoms with Gasteiger partial charge in [-0.05, 0) is 37.6 Å². The molecule has 1 aromatic heterocycles. The van der Waals surface area contributed by atoms with Gasteiger partial charge in [-0.15, -0.1) is 0 Å². The van der Waals surface area contributed by atoms with Crippen molar-refractivity contribution in [2.75, 3.05) is 7.11 Å². The number of ether oxygens (including phenoxy) is 2. The van der Waals surface area contributed by atoms with Gasteiger partial charge >= 0.3 is 5.97 Å². The van der Waals surface area contributed by atoms with E-state index < -0.39 is 5.97 Å². The zero-order valence-electron chi connectivity index (χ0n) is 12.6. The molecule has 0 spiro atoms. The molecule has 2 rings (SSSR count). The lowest BCUT2D eigenvalue weighted by molar-refractivity contribution is -0.138. The molecular formula is C16H17NO5. The van der Waals surface area contributed by atoms with Gasteiger partial charge in [0, 0.05) is 6.08 Å². The van der Waals surface area contributed by atoms with Crippen molar-refractivity contribution >= 4 is 12.0 Å². The molecule has 0 aliphatic carbocycles. The number of phenolic OH excluding ortho intramolecular Hbond substituents is 1. The predicted octanol–water partition coefficient (Wildman–Crippen LogP) is 2.76. The van der Waals surface area contributed by atoms with Crippen LogP contribution in [-0.4, -0.2) is 23.3 Å². The molecule has 1 aromatic carbocycles. The van der Waals surface area contributed by atoms with Gasteiger partial charge in [0.05, 0.1) is 18.4 Å². The Labute approximate surface area is 128 Å². The van der Waals surface area contributed by atoms with Crippen LogP contribution in [0.5, 0.6) is 11.5 Å². The van der Waals surface area contributed by atoms with Crippen LogP contribution >= 0.6 is 0 Å². The number of benzene rings is 1. The Balaban J connectivity index is 1.97. The van der Waals surface area contributed by atoms with Gasteiger partial charge in [-0.25, -0.2) is 4.79 Å². The van der Waals surface area contributed by atoms with Gasteiger partial charge in [-0.2, -0.15) is 0 Å². The second-order valence-corrected chi connectivity index (χ2v) is 4.68. The minimum absolute atomic E-state index is 0.0423. The number of hydrogen-bond donors (Lipinski definition) is 1. The van der Waals surface area contributed by atoms with Crippen LogP contribution in [0.3, 0.4) is 0 Å². The number of nitrogens with zero attached hydrogens (tertiary/aromatic N) is 1. The maximum atomic E-state index is 11.7. The number of esters is 1. The van der Waals surface area contributed by atoms with E-state index in [9.17, 15) is 9.90 Å². The molecule has 0 bridgehead atoms. The fourth-order valence-electron chi connectivity index (χ4n) is 1.86. The molecule has 0 atom stereocenters. The van der Waals surface area contributed by atoms with Crippen molar-refractivity contribution in [3.63, 3.8) is 0 Å². The van der Waals surface area contributed by atoms with E-state index in [-0.39, 0.29) is 12.4 Å². The minimum atomic E-state index is -0.480. The molecule has 0 amide bonds. The molecule has 0 radical (unpaired) electrons. The molecule has 1 heterocycles. The van der Waals surface area contributed by atoms with Crippen molar-refractivity contribution in [3.8, 4) is 11.5 Å². The van der Waals surface area contributed by atoms with Crippen molar-refractivity contribution in [1.29, 1.82) is 0 Å². The highest BCUT2D eigenvalue weighted by Crippen LogP contribution is 2.26. The largest absolute Gasteiger partial charge is 0.504 e. The van der Waals surface area contributed by atoms with Gasteiger partial charge in [0.2, 0.25) is 0 Å². The summed E-state index contributed by atoms with van der Waals surface area (Å²) in [4.78, 5) is 11.7. The fourth-order valence-corrected chi connectivity index (χ4v) is 1.86. The van der Waals surface area contributed by atoms with E-state index in [4.69, 9.17) is 14.0 Å². The van der Waals surface area contributed by atoms with Crippen molar-refractivity contribution in [2.45, 2.75) is 20.5 Å². The van der Waals surface area contributed by atoms with E-state index in [0.717, 1.165) is 5.56 Å². The first kappa shape index (κ1) is 15.6. The highest BCUT2D eigenvalue weighted by atomic mass is 16.5. The Kier molecular flexibility index (Phi) is 4.83. The molecule has 116 valence electrons. The first-order chi connectivity index (χ1) is 10.5. The molecule has 0 saturated heterocycles. The first-order valence-corrected chi connectivity index (χ1v) is 6.65. The third kappa shape index (κ3) is 3.66. The SMILES string of the molecule is COc1cc(C=CC(=O)OCc2c(C)noc2C)ccc1O. The maximum absolute atomic E-state index is 11.7. The van der Waals surface area contributed by atoms with Crippen molar-refractivity contribution < 1.29 is 23.9 Å². The third-order valence-corrected chi connectivity index (χ3v) is 3.16. The standard InChI is InChI=1S/C16H17NO5/c1-10-13(11(2)22-17-10)9-21-16(19)7-5-12-4-6-14(18)15(8-12)20-3/h4-8,18H,9H2,1-3H3. The Morgan fingerprint density at radius 2 is 2.18 bits per heavy atom. The number of aromatic nitrogens is 1. The summed E-state index contributed by atoms with van der Waals surface area (Å²) >= 11 is 0. The van der Waals surface area contributed by atoms with E-state index in [1.54, 1.807) is 32.1 Å². The molecule has 0 saturated carbocycles. The number of phenols is 1.